The van der Waals surface area contributed by atoms with Crippen molar-refractivity contribution in [2.24, 2.45) is 5.92 Å². The van der Waals surface area contributed by atoms with Gasteiger partial charge in [-0.05, 0) is 12.3 Å². The fourth-order valence-corrected chi connectivity index (χ4v) is 1.51. The number of unbranched alkanes of at least 4 members (excludes halogenated alkanes) is 1. The van der Waals surface area contributed by atoms with Gasteiger partial charge in [0.15, 0.2) is 0 Å². The third kappa shape index (κ3) is 10.2. The van der Waals surface area contributed by atoms with Gasteiger partial charge in [-0.3, -0.25) is 4.52 Å². The van der Waals surface area contributed by atoms with Gasteiger partial charge < -0.3 is 15.9 Å². The van der Waals surface area contributed by atoms with Crippen LogP contribution in [-0.2, 0) is 9.09 Å². The van der Waals surface area contributed by atoms with Crippen LogP contribution in [0, 0.1) is 5.92 Å². The van der Waals surface area contributed by atoms with Gasteiger partial charge in [-0.15, -0.1) is 0 Å². The normalized spacial score (nSPS) is 13.4. The van der Waals surface area contributed by atoms with E-state index < -0.39 is 7.82 Å². The molecule has 0 aromatic rings. The van der Waals surface area contributed by atoms with Gasteiger partial charge in [0.25, 0.3) is 0 Å². The quantitative estimate of drug-likeness (QED) is 0.580. The summed E-state index contributed by atoms with van der Waals surface area (Å²) in [5, 5.41) is 0. The minimum Gasteiger partial charge on any atom is -0.344 e. The van der Waals surface area contributed by atoms with E-state index in [1.165, 1.54) is 0 Å². The molecule has 88 valence electrons. The second-order valence-electron chi connectivity index (χ2n) is 3.20. The van der Waals surface area contributed by atoms with Crippen molar-refractivity contribution >= 4 is 7.82 Å². The van der Waals surface area contributed by atoms with Crippen LogP contribution in [0.5, 0.6) is 0 Å². The smallest absolute Gasteiger partial charge is 0.344 e. The number of phosphoric ester groups is 1. The van der Waals surface area contributed by atoms with Crippen molar-refractivity contribution in [3.8, 4) is 0 Å². The van der Waals surface area contributed by atoms with E-state index in [1.807, 2.05) is 6.92 Å². The summed E-state index contributed by atoms with van der Waals surface area (Å²) in [7, 11) is -4.26. The van der Waals surface area contributed by atoms with Crippen molar-refractivity contribution in [3.05, 3.63) is 0 Å². The second kappa shape index (κ2) is 8.38. The van der Waals surface area contributed by atoms with Gasteiger partial charge in [0.05, 0.1) is 6.61 Å². The van der Waals surface area contributed by atoms with Crippen LogP contribution in [0.3, 0.4) is 0 Å². The summed E-state index contributed by atoms with van der Waals surface area (Å²) >= 11 is 0. The van der Waals surface area contributed by atoms with Gasteiger partial charge in [0.1, 0.15) is 0 Å². The molecule has 1 unspecified atom stereocenters. The Morgan fingerprint density at radius 1 is 1.36 bits per heavy atom. The summed E-state index contributed by atoms with van der Waals surface area (Å²) in [6.45, 7) is 4.26. The van der Waals surface area contributed by atoms with Gasteiger partial charge in [-0.25, -0.2) is 4.57 Å². The molecule has 0 aliphatic carbocycles. The molecule has 1 atom stereocenters. The SMILES string of the molecule is CCCCC(CC)COP(=O)(O)O.N. The molecule has 0 spiro atoms. The number of hydrogen-bond donors (Lipinski definition) is 3. The zero-order valence-electron chi connectivity index (χ0n) is 8.98. The number of hydrogen-bond acceptors (Lipinski definition) is 3. The van der Waals surface area contributed by atoms with Gasteiger partial charge in [-0.2, -0.15) is 0 Å². The van der Waals surface area contributed by atoms with Crippen molar-refractivity contribution < 1.29 is 18.9 Å². The highest BCUT2D eigenvalue weighted by molar-refractivity contribution is 7.46. The molecule has 0 saturated heterocycles. The van der Waals surface area contributed by atoms with E-state index in [4.69, 9.17) is 9.79 Å². The highest BCUT2D eigenvalue weighted by Gasteiger charge is 2.16. The van der Waals surface area contributed by atoms with Gasteiger partial charge in [0, 0.05) is 0 Å². The Labute approximate surface area is 85.7 Å². The first-order valence-electron chi connectivity index (χ1n) is 4.69. The molecule has 0 fully saturated rings. The Morgan fingerprint density at radius 2 is 1.93 bits per heavy atom. The molecule has 5 N–H and O–H groups in total. The molecule has 6 heteroatoms. The summed E-state index contributed by atoms with van der Waals surface area (Å²) in [4.78, 5) is 17.0. The first-order valence-corrected chi connectivity index (χ1v) is 6.22. The lowest BCUT2D eigenvalue weighted by Gasteiger charge is -2.14. The Bertz CT molecular complexity index is 171. The van der Waals surface area contributed by atoms with Crippen molar-refractivity contribution in [2.45, 2.75) is 39.5 Å². The third-order valence-electron chi connectivity index (χ3n) is 2.02. The Hall–Kier alpha value is 0.0700. The van der Waals surface area contributed by atoms with Crippen LogP contribution >= 0.6 is 7.82 Å². The fraction of sp³-hybridized carbons (Fsp3) is 1.00. The predicted octanol–water partition coefficient (Wildman–Crippen LogP) is 2.47. The lowest BCUT2D eigenvalue weighted by Crippen LogP contribution is -2.07. The number of phosphoric acid groups is 1. The molecule has 0 aromatic heterocycles. The van der Waals surface area contributed by atoms with E-state index in [1.54, 1.807) is 0 Å². The van der Waals surface area contributed by atoms with Gasteiger partial charge >= 0.3 is 7.82 Å². The van der Waals surface area contributed by atoms with Crippen LogP contribution in [0.25, 0.3) is 0 Å². The molecule has 0 saturated carbocycles. The highest BCUT2D eigenvalue weighted by atomic mass is 31.2. The molecule has 0 rings (SSSR count). The summed E-state index contributed by atoms with van der Waals surface area (Å²) in [5.74, 6) is 0.271. The zero-order valence-corrected chi connectivity index (χ0v) is 9.87. The third-order valence-corrected chi connectivity index (χ3v) is 2.51. The van der Waals surface area contributed by atoms with Crippen molar-refractivity contribution in [2.75, 3.05) is 6.61 Å². The topological polar surface area (TPSA) is 102 Å². The number of rotatable bonds is 7. The first-order chi connectivity index (χ1) is 5.99. The Morgan fingerprint density at radius 3 is 2.29 bits per heavy atom. The maximum atomic E-state index is 10.4. The molecule has 14 heavy (non-hydrogen) atoms. The molecule has 0 bridgehead atoms. The van der Waals surface area contributed by atoms with Crippen LogP contribution in [-0.4, -0.2) is 16.4 Å². The van der Waals surface area contributed by atoms with Crippen LogP contribution in [0.4, 0.5) is 0 Å². The van der Waals surface area contributed by atoms with Gasteiger partial charge in [-0.1, -0.05) is 33.1 Å². The molecule has 0 aliphatic rings. The van der Waals surface area contributed by atoms with E-state index in [2.05, 4.69) is 11.4 Å². The largest absolute Gasteiger partial charge is 0.469 e. The van der Waals surface area contributed by atoms with Crippen molar-refractivity contribution in [1.82, 2.24) is 6.15 Å². The molecule has 0 amide bonds. The highest BCUT2D eigenvalue weighted by Crippen LogP contribution is 2.36. The average molecular weight is 227 g/mol. The van der Waals surface area contributed by atoms with Crippen molar-refractivity contribution in [1.29, 1.82) is 0 Å². The molecular weight excluding hydrogens is 205 g/mol. The fourth-order valence-electron chi connectivity index (χ4n) is 1.10. The van der Waals surface area contributed by atoms with Crippen LogP contribution in [0.15, 0.2) is 0 Å². The minimum absolute atomic E-state index is 0. The minimum atomic E-state index is -4.26. The maximum Gasteiger partial charge on any atom is 0.469 e. The lowest BCUT2D eigenvalue weighted by atomic mass is 10.0. The standard InChI is InChI=1S/C8H19O4P.H3N/c1-3-5-6-8(4-2)7-12-13(9,10)11;/h8H,3-7H2,1-2H3,(H2,9,10,11);1H3. The van der Waals surface area contributed by atoms with E-state index in [0.29, 0.717) is 0 Å². The predicted molar refractivity (Wildman–Crippen MR) is 56.3 cm³/mol. The summed E-state index contributed by atoms with van der Waals surface area (Å²) in [6, 6.07) is 0. The van der Waals surface area contributed by atoms with Crippen molar-refractivity contribution in [3.63, 3.8) is 0 Å². The molecule has 0 aliphatic heterocycles. The molecular formula is C8H22NO4P. The van der Waals surface area contributed by atoms with E-state index in [0.717, 1.165) is 25.7 Å². The molecule has 5 nitrogen and oxygen atoms in total. The maximum absolute atomic E-state index is 10.4. The molecule has 0 radical (unpaired) electrons. The Kier molecular flexibility index (Phi) is 9.88. The molecule has 0 heterocycles. The van der Waals surface area contributed by atoms with Crippen LogP contribution < -0.4 is 6.15 Å². The first kappa shape index (κ1) is 16.5. The van der Waals surface area contributed by atoms with Crippen LogP contribution in [0.2, 0.25) is 0 Å². The second-order valence-corrected chi connectivity index (χ2v) is 4.44. The van der Waals surface area contributed by atoms with Gasteiger partial charge in [0.2, 0.25) is 0 Å². The summed E-state index contributed by atoms with van der Waals surface area (Å²) < 4.78 is 14.8. The van der Waals surface area contributed by atoms with Crippen LogP contribution in [0.1, 0.15) is 39.5 Å². The monoisotopic (exact) mass is 227 g/mol. The molecule has 0 aromatic carbocycles. The Balaban J connectivity index is 0. The van der Waals surface area contributed by atoms with E-state index in [-0.39, 0.29) is 18.7 Å². The van der Waals surface area contributed by atoms with E-state index >= 15 is 0 Å². The summed E-state index contributed by atoms with van der Waals surface area (Å²) in [5.41, 5.74) is 0. The zero-order chi connectivity index (χ0) is 10.3. The summed E-state index contributed by atoms with van der Waals surface area (Å²) in [6.07, 6.45) is 4.07. The van der Waals surface area contributed by atoms with E-state index in [9.17, 15) is 4.57 Å². The average Bonchev–Trinajstić information content (AvgIpc) is 2.03. The lowest BCUT2D eigenvalue weighted by molar-refractivity contribution is 0.161.